The molecule has 31 heavy (non-hydrogen) atoms. The Bertz CT molecular complexity index is 1240. The summed E-state index contributed by atoms with van der Waals surface area (Å²) in [5.41, 5.74) is 8.43. The van der Waals surface area contributed by atoms with Crippen LogP contribution in [0.4, 0.5) is 5.82 Å². The van der Waals surface area contributed by atoms with Crippen LogP contribution in [0, 0.1) is 0 Å². The highest BCUT2D eigenvalue weighted by Gasteiger charge is 2.44. The maximum Gasteiger partial charge on any atom is 0.254 e. The molecule has 4 heterocycles. The fraction of sp³-hybridized carbons (Fsp3) is 0.263. The summed E-state index contributed by atoms with van der Waals surface area (Å²) in [5.74, 6) is 0.313. The van der Waals surface area contributed by atoms with Gasteiger partial charge in [-0.2, -0.15) is 15.1 Å². The first kappa shape index (κ1) is 19.8. The van der Waals surface area contributed by atoms with Gasteiger partial charge in [-0.1, -0.05) is 23.7 Å². The van der Waals surface area contributed by atoms with E-state index < -0.39 is 31.1 Å². The third-order valence-corrected chi connectivity index (χ3v) is 5.44. The Kier molecular flexibility index (Phi) is 4.84. The second kappa shape index (κ2) is 7.55. The average molecular weight is 444 g/mol. The summed E-state index contributed by atoms with van der Waals surface area (Å²) >= 11 is 5.95. The highest BCUT2D eigenvalue weighted by molar-refractivity contribution is 6.30. The Morgan fingerprint density at radius 3 is 2.58 bits per heavy atom. The second-order valence-electron chi connectivity index (χ2n) is 7.14. The Labute approximate surface area is 180 Å². The Hall–Kier alpha value is -3.09. The van der Waals surface area contributed by atoms with Crippen molar-refractivity contribution >= 4 is 28.6 Å². The third kappa shape index (κ3) is 3.32. The van der Waals surface area contributed by atoms with Crippen molar-refractivity contribution in [2.75, 3.05) is 12.3 Å². The molecule has 12 heteroatoms. The maximum absolute atomic E-state index is 10.4. The number of hydrogen-bond donors (Lipinski definition) is 4. The summed E-state index contributed by atoms with van der Waals surface area (Å²) in [6, 6.07) is 7.32. The summed E-state index contributed by atoms with van der Waals surface area (Å²) in [6.45, 7) is -0.440. The standard InChI is InChI=1S/C19H18ClN7O4/c20-11-3-1-9(2-4-11)10-5-23-27(6-10)19-24-16(21)13-17(25-19)26(8-22-13)18-15(30)14(29)12(7-28)31-18/h1-6,8,12,14-15,18,28-30H,7H2,(H2,21,24,25). The number of nitrogens with two attached hydrogens (primary N) is 1. The molecule has 0 bridgehead atoms. The van der Waals surface area contributed by atoms with E-state index in [4.69, 9.17) is 22.1 Å². The first-order valence-electron chi connectivity index (χ1n) is 9.39. The lowest BCUT2D eigenvalue weighted by atomic mass is 10.1. The lowest BCUT2D eigenvalue weighted by Gasteiger charge is -2.16. The molecule has 160 valence electrons. The van der Waals surface area contributed by atoms with Gasteiger partial charge < -0.3 is 25.8 Å². The number of fused-ring (bicyclic) bond motifs is 1. The van der Waals surface area contributed by atoms with Crippen molar-refractivity contribution in [3.8, 4) is 17.1 Å². The van der Waals surface area contributed by atoms with Crippen molar-refractivity contribution in [2.45, 2.75) is 24.5 Å². The number of hydrogen-bond acceptors (Lipinski definition) is 9. The normalized spacial score (nSPS) is 23.6. The van der Waals surface area contributed by atoms with Gasteiger partial charge in [-0.3, -0.25) is 4.57 Å². The van der Waals surface area contributed by atoms with Crippen LogP contribution in [0.15, 0.2) is 43.0 Å². The molecule has 0 amide bonds. The summed E-state index contributed by atoms with van der Waals surface area (Å²) in [7, 11) is 0. The summed E-state index contributed by atoms with van der Waals surface area (Å²) in [5, 5.41) is 34.7. The predicted molar refractivity (Wildman–Crippen MR) is 110 cm³/mol. The molecule has 0 spiro atoms. The van der Waals surface area contributed by atoms with E-state index in [2.05, 4.69) is 20.1 Å². The molecule has 0 radical (unpaired) electrons. The monoisotopic (exact) mass is 443 g/mol. The molecule has 1 aliphatic heterocycles. The molecule has 5 N–H and O–H groups in total. The summed E-state index contributed by atoms with van der Waals surface area (Å²) in [4.78, 5) is 13.0. The van der Waals surface area contributed by atoms with Gasteiger partial charge in [0.05, 0.1) is 19.1 Å². The summed E-state index contributed by atoms with van der Waals surface area (Å²) < 4.78 is 8.50. The number of aliphatic hydroxyl groups is 3. The molecule has 4 unspecified atom stereocenters. The second-order valence-corrected chi connectivity index (χ2v) is 7.58. The van der Waals surface area contributed by atoms with E-state index in [0.29, 0.717) is 16.2 Å². The largest absolute Gasteiger partial charge is 0.394 e. The number of rotatable bonds is 4. The molecule has 1 aliphatic rings. The van der Waals surface area contributed by atoms with E-state index in [1.165, 1.54) is 15.6 Å². The van der Waals surface area contributed by atoms with Crippen LogP contribution >= 0.6 is 11.6 Å². The number of aliphatic hydroxyl groups excluding tert-OH is 3. The number of aromatic nitrogens is 6. The van der Waals surface area contributed by atoms with Crippen LogP contribution in [0.3, 0.4) is 0 Å². The fourth-order valence-corrected chi connectivity index (χ4v) is 3.67. The van der Waals surface area contributed by atoms with E-state index in [-0.39, 0.29) is 11.8 Å². The van der Waals surface area contributed by atoms with Gasteiger partial charge in [0.1, 0.15) is 23.8 Å². The zero-order valence-electron chi connectivity index (χ0n) is 15.9. The van der Waals surface area contributed by atoms with Gasteiger partial charge >= 0.3 is 0 Å². The van der Waals surface area contributed by atoms with Crippen LogP contribution in [0.2, 0.25) is 5.02 Å². The van der Waals surface area contributed by atoms with Crippen LogP contribution in [-0.4, -0.2) is 69.5 Å². The summed E-state index contributed by atoms with van der Waals surface area (Å²) in [6.07, 6.45) is 0.343. The average Bonchev–Trinajstić information content (AvgIpc) is 3.48. The van der Waals surface area contributed by atoms with Crippen molar-refractivity contribution in [2.24, 2.45) is 0 Å². The van der Waals surface area contributed by atoms with Gasteiger partial charge in [0.25, 0.3) is 5.95 Å². The number of benzene rings is 1. The first-order chi connectivity index (χ1) is 15.0. The van der Waals surface area contributed by atoms with Crippen LogP contribution in [-0.2, 0) is 4.74 Å². The van der Waals surface area contributed by atoms with Crippen molar-refractivity contribution in [3.05, 3.63) is 48.0 Å². The van der Waals surface area contributed by atoms with E-state index in [0.717, 1.165) is 11.1 Å². The Balaban J connectivity index is 1.54. The van der Waals surface area contributed by atoms with Gasteiger partial charge in [-0.15, -0.1) is 0 Å². The number of anilines is 1. The van der Waals surface area contributed by atoms with Crippen molar-refractivity contribution in [1.29, 1.82) is 0 Å². The number of nitrogen functional groups attached to an aromatic ring is 1. The van der Waals surface area contributed by atoms with Crippen LogP contribution < -0.4 is 5.73 Å². The van der Waals surface area contributed by atoms with Gasteiger partial charge in [0.15, 0.2) is 17.7 Å². The van der Waals surface area contributed by atoms with Crippen LogP contribution in [0.25, 0.3) is 28.2 Å². The van der Waals surface area contributed by atoms with Crippen molar-refractivity contribution < 1.29 is 20.1 Å². The molecule has 4 atom stereocenters. The molecule has 0 aliphatic carbocycles. The molecule has 11 nitrogen and oxygen atoms in total. The minimum atomic E-state index is -1.28. The van der Waals surface area contributed by atoms with Crippen LogP contribution in [0.1, 0.15) is 6.23 Å². The molecule has 5 rings (SSSR count). The number of halogens is 1. The molecule has 3 aromatic heterocycles. The van der Waals surface area contributed by atoms with E-state index in [1.54, 1.807) is 24.5 Å². The van der Waals surface area contributed by atoms with E-state index in [9.17, 15) is 15.3 Å². The number of imidazole rings is 1. The molecule has 4 aromatic rings. The molecule has 1 fully saturated rings. The van der Waals surface area contributed by atoms with Gasteiger partial charge in [-0.05, 0) is 17.7 Å². The zero-order valence-corrected chi connectivity index (χ0v) is 16.7. The van der Waals surface area contributed by atoms with E-state index in [1.807, 2.05) is 12.1 Å². The minimum Gasteiger partial charge on any atom is -0.394 e. The zero-order chi connectivity index (χ0) is 21.7. The molecular weight excluding hydrogens is 426 g/mol. The molecular formula is C19H18ClN7O4. The van der Waals surface area contributed by atoms with Gasteiger partial charge in [0.2, 0.25) is 0 Å². The maximum atomic E-state index is 10.4. The first-order valence-corrected chi connectivity index (χ1v) is 9.77. The molecule has 1 aromatic carbocycles. The number of ether oxygens (including phenoxy) is 1. The minimum absolute atomic E-state index is 0.119. The van der Waals surface area contributed by atoms with Gasteiger partial charge in [-0.25, -0.2) is 9.67 Å². The predicted octanol–water partition coefficient (Wildman–Crippen LogP) is 0.526. The lowest BCUT2D eigenvalue weighted by molar-refractivity contribution is -0.0511. The van der Waals surface area contributed by atoms with Gasteiger partial charge in [0, 0.05) is 16.8 Å². The quantitative estimate of drug-likeness (QED) is 0.353. The Morgan fingerprint density at radius 2 is 1.87 bits per heavy atom. The molecule has 0 saturated carbocycles. The lowest BCUT2D eigenvalue weighted by Crippen LogP contribution is -2.33. The fourth-order valence-electron chi connectivity index (χ4n) is 3.55. The number of nitrogens with zero attached hydrogens (tertiary/aromatic N) is 6. The molecule has 1 saturated heterocycles. The Morgan fingerprint density at radius 1 is 1.10 bits per heavy atom. The smallest absolute Gasteiger partial charge is 0.254 e. The van der Waals surface area contributed by atoms with Crippen molar-refractivity contribution in [3.63, 3.8) is 0 Å². The topological polar surface area (TPSA) is 157 Å². The highest BCUT2D eigenvalue weighted by Crippen LogP contribution is 2.32. The van der Waals surface area contributed by atoms with E-state index >= 15 is 0 Å². The van der Waals surface area contributed by atoms with Crippen molar-refractivity contribution in [1.82, 2.24) is 29.3 Å². The van der Waals surface area contributed by atoms with Crippen LogP contribution in [0.5, 0.6) is 0 Å². The third-order valence-electron chi connectivity index (χ3n) is 5.19. The highest BCUT2D eigenvalue weighted by atomic mass is 35.5. The SMILES string of the molecule is Nc1nc(-n2cc(-c3ccc(Cl)cc3)cn2)nc2c1ncn2C1OC(CO)C(O)C1O.